The third kappa shape index (κ3) is 3.60. The van der Waals surface area contributed by atoms with E-state index in [9.17, 15) is 0 Å². The molecule has 0 atom stereocenters. The molecule has 21 heavy (non-hydrogen) atoms. The molecule has 0 radical (unpaired) electrons. The lowest BCUT2D eigenvalue weighted by molar-refractivity contribution is 0.297. The SMILES string of the molecule is Clc1cc(CNc2ccc(Br)nc2)cc2c1OCCCO2. The van der Waals surface area contributed by atoms with Gasteiger partial charge in [-0.3, -0.25) is 0 Å². The quantitative estimate of drug-likeness (QED) is 0.821. The molecule has 2 heterocycles. The lowest BCUT2D eigenvalue weighted by Crippen LogP contribution is -2.01. The Bertz CT molecular complexity index is 634. The van der Waals surface area contributed by atoms with Gasteiger partial charge < -0.3 is 14.8 Å². The van der Waals surface area contributed by atoms with Crippen molar-refractivity contribution in [3.05, 3.63) is 45.7 Å². The molecular formula is C15H14BrClN2O2. The molecule has 0 fully saturated rings. The number of benzene rings is 1. The zero-order chi connectivity index (χ0) is 14.7. The van der Waals surface area contributed by atoms with Crippen molar-refractivity contribution in [1.82, 2.24) is 4.98 Å². The second-order valence-electron chi connectivity index (χ2n) is 4.68. The van der Waals surface area contributed by atoms with E-state index in [1.54, 1.807) is 6.20 Å². The molecule has 6 heteroatoms. The highest BCUT2D eigenvalue weighted by molar-refractivity contribution is 9.10. The second kappa shape index (κ2) is 6.54. The molecule has 1 aromatic heterocycles. The number of nitrogens with one attached hydrogen (secondary N) is 1. The molecule has 0 bridgehead atoms. The van der Waals surface area contributed by atoms with Crippen molar-refractivity contribution < 1.29 is 9.47 Å². The summed E-state index contributed by atoms with van der Waals surface area (Å²) in [4.78, 5) is 4.18. The van der Waals surface area contributed by atoms with Gasteiger partial charge in [0.25, 0.3) is 0 Å². The first-order valence-corrected chi connectivity index (χ1v) is 7.83. The zero-order valence-corrected chi connectivity index (χ0v) is 13.6. The molecule has 0 unspecified atom stereocenters. The fourth-order valence-corrected chi connectivity index (χ4v) is 2.59. The van der Waals surface area contributed by atoms with Gasteiger partial charge in [0.05, 0.1) is 30.1 Å². The summed E-state index contributed by atoms with van der Waals surface area (Å²) in [6.45, 7) is 1.92. The predicted octanol–water partition coefficient (Wildman–Crippen LogP) is 4.27. The predicted molar refractivity (Wildman–Crippen MR) is 86.3 cm³/mol. The Kier molecular flexibility index (Phi) is 4.51. The summed E-state index contributed by atoms with van der Waals surface area (Å²) in [5.41, 5.74) is 1.98. The summed E-state index contributed by atoms with van der Waals surface area (Å²) in [6, 6.07) is 7.71. The van der Waals surface area contributed by atoms with Gasteiger partial charge >= 0.3 is 0 Å². The first kappa shape index (κ1) is 14.5. The molecule has 1 aliphatic heterocycles. The number of anilines is 1. The van der Waals surface area contributed by atoms with Gasteiger partial charge in [0, 0.05) is 13.0 Å². The maximum atomic E-state index is 6.27. The molecule has 0 saturated heterocycles. The number of hydrogen-bond acceptors (Lipinski definition) is 4. The summed E-state index contributed by atoms with van der Waals surface area (Å²) >= 11 is 9.58. The maximum absolute atomic E-state index is 6.27. The summed E-state index contributed by atoms with van der Waals surface area (Å²) < 4.78 is 12.1. The number of fused-ring (bicyclic) bond motifs is 1. The van der Waals surface area contributed by atoms with Crippen LogP contribution in [0.1, 0.15) is 12.0 Å². The van der Waals surface area contributed by atoms with Gasteiger partial charge in [-0.05, 0) is 45.8 Å². The number of hydrogen-bond donors (Lipinski definition) is 1. The Hall–Kier alpha value is -1.46. The van der Waals surface area contributed by atoms with Crippen molar-refractivity contribution in [3.8, 4) is 11.5 Å². The molecule has 0 amide bonds. The van der Waals surface area contributed by atoms with Gasteiger partial charge in [0.1, 0.15) is 4.60 Å². The first-order valence-electron chi connectivity index (χ1n) is 6.66. The third-order valence-corrected chi connectivity index (χ3v) is 3.84. The van der Waals surface area contributed by atoms with Crippen LogP contribution in [-0.4, -0.2) is 18.2 Å². The average molecular weight is 370 g/mol. The van der Waals surface area contributed by atoms with Crippen LogP contribution >= 0.6 is 27.5 Å². The smallest absolute Gasteiger partial charge is 0.179 e. The van der Waals surface area contributed by atoms with Crippen molar-refractivity contribution in [2.45, 2.75) is 13.0 Å². The van der Waals surface area contributed by atoms with E-state index in [2.05, 4.69) is 26.2 Å². The van der Waals surface area contributed by atoms with Crippen LogP contribution in [0.4, 0.5) is 5.69 Å². The van der Waals surface area contributed by atoms with Gasteiger partial charge in [-0.1, -0.05) is 11.6 Å². The molecule has 0 spiro atoms. The normalized spacial score (nSPS) is 13.6. The number of pyridine rings is 1. The average Bonchev–Trinajstić information content (AvgIpc) is 2.72. The van der Waals surface area contributed by atoms with E-state index in [1.165, 1.54) is 0 Å². The van der Waals surface area contributed by atoms with E-state index in [0.29, 0.717) is 36.3 Å². The van der Waals surface area contributed by atoms with E-state index in [4.69, 9.17) is 21.1 Å². The molecule has 3 rings (SSSR count). The molecule has 0 aliphatic carbocycles. The van der Waals surface area contributed by atoms with Crippen molar-refractivity contribution in [2.75, 3.05) is 18.5 Å². The van der Waals surface area contributed by atoms with Crippen LogP contribution in [0.25, 0.3) is 0 Å². The van der Waals surface area contributed by atoms with E-state index in [-0.39, 0.29) is 0 Å². The van der Waals surface area contributed by atoms with E-state index >= 15 is 0 Å². The maximum Gasteiger partial charge on any atom is 0.179 e. The monoisotopic (exact) mass is 368 g/mol. The number of nitrogens with zero attached hydrogens (tertiary/aromatic N) is 1. The van der Waals surface area contributed by atoms with Crippen molar-refractivity contribution in [3.63, 3.8) is 0 Å². The van der Waals surface area contributed by atoms with E-state index < -0.39 is 0 Å². The van der Waals surface area contributed by atoms with Crippen LogP contribution in [0.3, 0.4) is 0 Å². The van der Waals surface area contributed by atoms with E-state index in [0.717, 1.165) is 22.3 Å². The first-order chi connectivity index (χ1) is 10.2. The highest BCUT2D eigenvalue weighted by Crippen LogP contribution is 2.38. The summed E-state index contributed by atoms with van der Waals surface area (Å²) in [5.74, 6) is 1.36. The minimum Gasteiger partial charge on any atom is -0.489 e. The van der Waals surface area contributed by atoms with Crippen molar-refractivity contribution >= 4 is 33.2 Å². The number of ether oxygens (including phenoxy) is 2. The van der Waals surface area contributed by atoms with Crippen LogP contribution in [-0.2, 0) is 6.54 Å². The van der Waals surface area contributed by atoms with Gasteiger partial charge in [-0.25, -0.2) is 4.98 Å². The van der Waals surface area contributed by atoms with Gasteiger partial charge in [0.2, 0.25) is 0 Å². The number of aromatic nitrogens is 1. The largest absolute Gasteiger partial charge is 0.489 e. The van der Waals surface area contributed by atoms with Crippen LogP contribution in [0, 0.1) is 0 Å². The van der Waals surface area contributed by atoms with Gasteiger partial charge in [-0.15, -0.1) is 0 Å². The zero-order valence-electron chi connectivity index (χ0n) is 11.2. The van der Waals surface area contributed by atoms with Gasteiger partial charge in [-0.2, -0.15) is 0 Å². The Morgan fingerprint density at radius 1 is 1.24 bits per heavy atom. The van der Waals surface area contributed by atoms with Crippen molar-refractivity contribution in [2.24, 2.45) is 0 Å². The molecule has 0 saturated carbocycles. The Labute approximate surface area is 136 Å². The Balaban J connectivity index is 1.75. The number of rotatable bonds is 3. The minimum absolute atomic E-state index is 0.583. The standard InChI is InChI=1S/C15H14BrClN2O2/c16-14-3-2-11(9-19-14)18-8-10-6-12(17)15-13(7-10)20-4-1-5-21-15/h2-3,6-7,9,18H,1,4-5,8H2. The number of halogens is 2. The highest BCUT2D eigenvalue weighted by atomic mass is 79.9. The molecule has 2 aromatic rings. The Morgan fingerprint density at radius 3 is 2.90 bits per heavy atom. The highest BCUT2D eigenvalue weighted by Gasteiger charge is 2.15. The molecule has 4 nitrogen and oxygen atoms in total. The van der Waals surface area contributed by atoms with Crippen LogP contribution in [0.15, 0.2) is 35.1 Å². The second-order valence-corrected chi connectivity index (χ2v) is 5.90. The summed E-state index contributed by atoms with van der Waals surface area (Å²) in [7, 11) is 0. The van der Waals surface area contributed by atoms with Crippen LogP contribution in [0.5, 0.6) is 11.5 Å². The minimum atomic E-state index is 0.583. The van der Waals surface area contributed by atoms with Crippen molar-refractivity contribution in [1.29, 1.82) is 0 Å². The summed E-state index contributed by atoms with van der Waals surface area (Å²) in [6.07, 6.45) is 2.64. The molecule has 1 N–H and O–H groups in total. The fraction of sp³-hybridized carbons (Fsp3) is 0.267. The van der Waals surface area contributed by atoms with Gasteiger partial charge in [0.15, 0.2) is 11.5 Å². The molecule has 1 aliphatic rings. The summed E-state index contributed by atoms with van der Waals surface area (Å²) in [5, 5.41) is 3.88. The fourth-order valence-electron chi connectivity index (χ4n) is 2.07. The van der Waals surface area contributed by atoms with Crippen LogP contribution < -0.4 is 14.8 Å². The lowest BCUT2D eigenvalue weighted by Gasteiger charge is -2.12. The molecular weight excluding hydrogens is 356 g/mol. The lowest BCUT2D eigenvalue weighted by atomic mass is 10.2. The van der Waals surface area contributed by atoms with Crippen LogP contribution in [0.2, 0.25) is 5.02 Å². The molecule has 1 aromatic carbocycles. The van der Waals surface area contributed by atoms with E-state index in [1.807, 2.05) is 24.3 Å². The third-order valence-electron chi connectivity index (χ3n) is 3.09. The molecule has 110 valence electrons. The topological polar surface area (TPSA) is 43.4 Å². The Morgan fingerprint density at radius 2 is 2.10 bits per heavy atom.